The summed E-state index contributed by atoms with van der Waals surface area (Å²) in [4.78, 5) is 2.41. The first-order chi connectivity index (χ1) is 12.9. The summed E-state index contributed by atoms with van der Waals surface area (Å²) in [6.07, 6.45) is 0.855. The minimum Gasteiger partial charge on any atom is -0.390 e. The second-order valence-electron chi connectivity index (χ2n) is 8.25. The van der Waals surface area contributed by atoms with Crippen molar-refractivity contribution in [1.29, 1.82) is 0 Å². The van der Waals surface area contributed by atoms with Crippen molar-refractivity contribution in [2.45, 2.75) is 32.9 Å². The Morgan fingerprint density at radius 2 is 1.44 bits per heavy atom. The zero-order valence-corrected chi connectivity index (χ0v) is 17.3. The van der Waals surface area contributed by atoms with E-state index in [2.05, 4.69) is 23.3 Å². The van der Waals surface area contributed by atoms with Crippen LogP contribution in [0.4, 0.5) is 0 Å². The third-order valence-corrected chi connectivity index (χ3v) is 6.07. The summed E-state index contributed by atoms with van der Waals surface area (Å²) >= 11 is 12.5. The number of aliphatic hydroxyl groups is 1. The van der Waals surface area contributed by atoms with Gasteiger partial charge in [0.2, 0.25) is 0 Å². The third-order valence-electron chi connectivity index (χ3n) is 5.60. The maximum atomic E-state index is 10.9. The number of piperidine rings is 1. The summed E-state index contributed by atoms with van der Waals surface area (Å²) in [5.74, 6) is 1.39. The maximum Gasteiger partial charge on any atom is 0.0845 e. The number of halogens is 2. The average molecular weight is 405 g/mol. The first-order valence-electron chi connectivity index (χ1n) is 9.68. The smallest absolute Gasteiger partial charge is 0.0845 e. The molecule has 2 heterocycles. The van der Waals surface area contributed by atoms with Crippen LogP contribution in [0.5, 0.6) is 0 Å². The number of rotatable bonds is 4. The fourth-order valence-electron chi connectivity index (χ4n) is 4.75. The van der Waals surface area contributed by atoms with E-state index in [-0.39, 0.29) is 0 Å². The van der Waals surface area contributed by atoms with Crippen LogP contribution in [-0.2, 0) is 6.54 Å². The lowest BCUT2D eigenvalue weighted by atomic mass is 9.92. The molecule has 0 radical (unpaired) electrons. The Balaban J connectivity index is 1.64. The molecule has 4 rings (SSSR count). The number of benzene rings is 2. The Kier molecular flexibility index (Phi) is 5.39. The first kappa shape index (κ1) is 19.1. The van der Waals surface area contributed by atoms with Crippen molar-refractivity contribution in [3.8, 4) is 0 Å². The molecule has 1 fully saturated rings. The van der Waals surface area contributed by atoms with Gasteiger partial charge in [0.15, 0.2) is 0 Å². The van der Waals surface area contributed by atoms with Gasteiger partial charge in [-0.3, -0.25) is 0 Å². The van der Waals surface area contributed by atoms with Gasteiger partial charge in [-0.2, -0.15) is 0 Å². The molecule has 0 unspecified atom stereocenters. The van der Waals surface area contributed by atoms with Gasteiger partial charge in [0.05, 0.1) is 12.6 Å². The van der Waals surface area contributed by atoms with Crippen molar-refractivity contribution in [2.24, 2.45) is 11.8 Å². The van der Waals surface area contributed by atoms with Crippen LogP contribution >= 0.6 is 23.2 Å². The lowest BCUT2D eigenvalue weighted by Crippen LogP contribution is -2.43. The Bertz CT molecular complexity index is 899. The highest BCUT2D eigenvalue weighted by Gasteiger charge is 2.24. The largest absolute Gasteiger partial charge is 0.390 e. The third kappa shape index (κ3) is 3.97. The standard InChI is InChI=1S/C22H26Cl2N2O/c1-14-7-15(2)11-25(10-14)12-18(27)13-26-21-5-3-16(23)8-19(21)20-9-17(24)4-6-22(20)26/h3-6,8-9,14-15,18,27H,7,10-13H2,1-2H3/t14-,15-,18+/m1/s1. The number of fused-ring (bicyclic) bond motifs is 3. The molecular formula is C22H26Cl2N2O. The van der Waals surface area contributed by atoms with E-state index < -0.39 is 6.10 Å². The number of hydrogen-bond donors (Lipinski definition) is 1. The Morgan fingerprint density at radius 3 is 1.96 bits per heavy atom. The number of aromatic nitrogens is 1. The van der Waals surface area contributed by atoms with E-state index >= 15 is 0 Å². The van der Waals surface area contributed by atoms with E-state index in [1.165, 1.54) is 6.42 Å². The van der Waals surface area contributed by atoms with Gasteiger partial charge >= 0.3 is 0 Å². The normalized spacial score (nSPS) is 22.6. The van der Waals surface area contributed by atoms with Crippen molar-refractivity contribution < 1.29 is 5.11 Å². The summed E-state index contributed by atoms with van der Waals surface area (Å²) in [7, 11) is 0. The van der Waals surface area contributed by atoms with Gasteiger partial charge in [0.1, 0.15) is 0 Å². The fraction of sp³-hybridized carbons (Fsp3) is 0.455. The summed E-state index contributed by atoms with van der Waals surface area (Å²) in [5.41, 5.74) is 2.16. The van der Waals surface area contributed by atoms with Gasteiger partial charge in [-0.25, -0.2) is 0 Å². The van der Waals surface area contributed by atoms with Crippen LogP contribution < -0.4 is 0 Å². The average Bonchev–Trinajstić information content (AvgIpc) is 2.86. The maximum absolute atomic E-state index is 10.9. The lowest BCUT2D eigenvalue weighted by molar-refractivity contribution is 0.0626. The number of likely N-dealkylation sites (tertiary alicyclic amines) is 1. The molecule has 3 atom stereocenters. The second-order valence-corrected chi connectivity index (χ2v) is 9.12. The van der Waals surface area contributed by atoms with E-state index in [0.29, 0.717) is 35.0 Å². The molecule has 3 aromatic rings. The van der Waals surface area contributed by atoms with Gasteiger partial charge < -0.3 is 14.6 Å². The highest BCUT2D eigenvalue weighted by atomic mass is 35.5. The van der Waals surface area contributed by atoms with Crippen molar-refractivity contribution >= 4 is 45.0 Å². The fourth-order valence-corrected chi connectivity index (χ4v) is 5.10. The Labute approximate surface area is 170 Å². The van der Waals surface area contributed by atoms with Crippen molar-refractivity contribution in [3.63, 3.8) is 0 Å². The number of nitrogens with zero attached hydrogens (tertiary/aromatic N) is 2. The van der Waals surface area contributed by atoms with Gasteiger partial charge in [-0.1, -0.05) is 37.0 Å². The molecule has 0 saturated carbocycles. The summed E-state index contributed by atoms with van der Waals surface area (Å²) in [6.45, 7) is 8.00. The molecule has 0 aliphatic carbocycles. The van der Waals surface area contributed by atoms with Crippen LogP contribution in [0.1, 0.15) is 20.3 Å². The summed E-state index contributed by atoms with van der Waals surface area (Å²) in [5, 5.41) is 14.4. The molecule has 144 valence electrons. The van der Waals surface area contributed by atoms with Crippen molar-refractivity contribution in [1.82, 2.24) is 9.47 Å². The lowest BCUT2D eigenvalue weighted by Gasteiger charge is -2.36. The minimum atomic E-state index is -0.423. The topological polar surface area (TPSA) is 28.4 Å². The van der Waals surface area contributed by atoms with Crippen LogP contribution in [0.25, 0.3) is 21.8 Å². The summed E-state index contributed by atoms with van der Waals surface area (Å²) < 4.78 is 2.19. The van der Waals surface area contributed by atoms with Crippen LogP contribution in [-0.4, -0.2) is 40.3 Å². The van der Waals surface area contributed by atoms with E-state index in [0.717, 1.165) is 34.9 Å². The highest BCUT2D eigenvalue weighted by Crippen LogP contribution is 2.33. The zero-order valence-electron chi connectivity index (χ0n) is 15.8. The molecule has 3 nitrogen and oxygen atoms in total. The molecule has 1 aliphatic heterocycles. The monoisotopic (exact) mass is 404 g/mol. The predicted octanol–water partition coefficient (Wildman–Crippen LogP) is 5.44. The zero-order chi connectivity index (χ0) is 19.1. The highest BCUT2D eigenvalue weighted by molar-refractivity contribution is 6.33. The molecule has 0 spiro atoms. The summed E-state index contributed by atoms with van der Waals surface area (Å²) in [6, 6.07) is 11.8. The minimum absolute atomic E-state index is 0.423. The first-order valence-corrected chi connectivity index (χ1v) is 10.4. The quantitative estimate of drug-likeness (QED) is 0.626. The SMILES string of the molecule is C[C@@H]1C[C@@H](C)CN(C[C@H](O)Cn2c3ccc(Cl)cc3c3cc(Cl)ccc32)C1. The van der Waals surface area contributed by atoms with Crippen LogP contribution in [0.15, 0.2) is 36.4 Å². The number of aliphatic hydroxyl groups excluding tert-OH is 1. The molecule has 0 amide bonds. The number of β-amino-alcohol motifs (C(OH)–C–C–N with tert-alkyl or cyclic N) is 1. The molecule has 0 bridgehead atoms. The number of hydrogen-bond acceptors (Lipinski definition) is 2. The molecule has 2 aromatic carbocycles. The van der Waals surface area contributed by atoms with Gasteiger partial charge in [0.25, 0.3) is 0 Å². The second kappa shape index (κ2) is 7.63. The van der Waals surface area contributed by atoms with Crippen LogP contribution in [0.3, 0.4) is 0 Å². The van der Waals surface area contributed by atoms with E-state index in [9.17, 15) is 5.11 Å². The predicted molar refractivity (Wildman–Crippen MR) is 115 cm³/mol. The van der Waals surface area contributed by atoms with E-state index in [1.807, 2.05) is 36.4 Å². The van der Waals surface area contributed by atoms with Gasteiger partial charge in [-0.05, 0) is 54.7 Å². The van der Waals surface area contributed by atoms with E-state index in [4.69, 9.17) is 23.2 Å². The van der Waals surface area contributed by atoms with Crippen molar-refractivity contribution in [3.05, 3.63) is 46.4 Å². The molecule has 1 aromatic heterocycles. The Hall–Kier alpha value is -1.26. The molecule has 1 aliphatic rings. The van der Waals surface area contributed by atoms with Gasteiger partial charge in [-0.15, -0.1) is 0 Å². The molecule has 27 heavy (non-hydrogen) atoms. The van der Waals surface area contributed by atoms with E-state index in [1.54, 1.807) is 0 Å². The van der Waals surface area contributed by atoms with Crippen molar-refractivity contribution in [2.75, 3.05) is 19.6 Å². The van der Waals surface area contributed by atoms with Gasteiger partial charge in [0, 0.05) is 51.5 Å². The van der Waals surface area contributed by atoms with Crippen LogP contribution in [0.2, 0.25) is 10.0 Å². The van der Waals surface area contributed by atoms with Crippen LogP contribution in [0, 0.1) is 11.8 Å². The Morgan fingerprint density at radius 1 is 0.926 bits per heavy atom. The molecule has 1 saturated heterocycles. The molecule has 5 heteroatoms. The molecule has 1 N–H and O–H groups in total. The molecular weight excluding hydrogens is 379 g/mol.